The second-order valence-corrected chi connectivity index (χ2v) is 4.71. The fraction of sp³-hybridized carbons (Fsp3) is 0.571. The molecule has 1 aromatic rings. The fourth-order valence-electron chi connectivity index (χ4n) is 1.78. The van der Waals surface area contributed by atoms with Crippen molar-refractivity contribution in [3.8, 4) is 0 Å². The fourth-order valence-corrected chi connectivity index (χ4v) is 1.78. The van der Waals surface area contributed by atoms with Gasteiger partial charge in [0, 0.05) is 19.7 Å². The molecule has 3 heteroatoms. The zero-order chi connectivity index (χ0) is 12.7. The van der Waals surface area contributed by atoms with Crippen LogP contribution in [0.15, 0.2) is 24.3 Å². The molecule has 1 rings (SSSR count). The summed E-state index contributed by atoms with van der Waals surface area (Å²) >= 11 is 0. The van der Waals surface area contributed by atoms with Crippen LogP contribution in [0.3, 0.4) is 0 Å². The van der Waals surface area contributed by atoms with E-state index in [1.165, 1.54) is 12.1 Å². The summed E-state index contributed by atoms with van der Waals surface area (Å²) in [7, 11) is 1.72. The molecule has 1 unspecified atom stereocenters. The summed E-state index contributed by atoms with van der Waals surface area (Å²) in [6.45, 7) is 5.89. The van der Waals surface area contributed by atoms with Gasteiger partial charge in [-0.05, 0) is 30.0 Å². The SMILES string of the molecule is COCC(CNC(C)C)Cc1ccc(F)cc1. The standard InChI is InChI=1S/C14H22FNO/c1-11(2)16-9-13(10-17-3)8-12-4-6-14(15)7-5-12/h4-7,11,13,16H,8-10H2,1-3H3. The highest BCUT2D eigenvalue weighted by Gasteiger charge is 2.10. The van der Waals surface area contributed by atoms with Crippen LogP contribution in [0.5, 0.6) is 0 Å². The lowest BCUT2D eigenvalue weighted by molar-refractivity contribution is 0.149. The molecule has 1 atom stereocenters. The minimum Gasteiger partial charge on any atom is -0.384 e. The number of methoxy groups -OCH3 is 1. The Morgan fingerprint density at radius 2 is 1.88 bits per heavy atom. The van der Waals surface area contributed by atoms with Gasteiger partial charge in [-0.2, -0.15) is 0 Å². The summed E-state index contributed by atoms with van der Waals surface area (Å²) in [5.41, 5.74) is 1.15. The Morgan fingerprint density at radius 1 is 1.24 bits per heavy atom. The predicted molar refractivity (Wildman–Crippen MR) is 68.6 cm³/mol. The number of rotatable bonds is 7. The molecular weight excluding hydrogens is 217 g/mol. The van der Waals surface area contributed by atoms with Crippen molar-refractivity contribution in [3.63, 3.8) is 0 Å². The van der Waals surface area contributed by atoms with E-state index in [0.29, 0.717) is 12.0 Å². The van der Waals surface area contributed by atoms with Gasteiger partial charge in [0.2, 0.25) is 0 Å². The first-order valence-electron chi connectivity index (χ1n) is 6.08. The van der Waals surface area contributed by atoms with Gasteiger partial charge in [0.05, 0.1) is 6.61 Å². The van der Waals surface area contributed by atoms with Crippen LogP contribution in [0, 0.1) is 11.7 Å². The number of ether oxygens (including phenoxy) is 1. The van der Waals surface area contributed by atoms with E-state index in [2.05, 4.69) is 19.2 Å². The first-order chi connectivity index (χ1) is 8.11. The molecule has 0 saturated heterocycles. The maximum atomic E-state index is 12.8. The molecule has 0 bridgehead atoms. The summed E-state index contributed by atoms with van der Waals surface area (Å²) < 4.78 is 18.0. The summed E-state index contributed by atoms with van der Waals surface area (Å²) in [5, 5.41) is 3.41. The monoisotopic (exact) mass is 239 g/mol. The first kappa shape index (κ1) is 14.1. The smallest absolute Gasteiger partial charge is 0.123 e. The number of hydrogen-bond donors (Lipinski definition) is 1. The lowest BCUT2D eigenvalue weighted by Gasteiger charge is -2.18. The zero-order valence-corrected chi connectivity index (χ0v) is 10.9. The number of hydrogen-bond acceptors (Lipinski definition) is 2. The minimum absolute atomic E-state index is 0.183. The maximum absolute atomic E-state index is 12.8. The molecule has 0 heterocycles. The maximum Gasteiger partial charge on any atom is 0.123 e. The van der Waals surface area contributed by atoms with Gasteiger partial charge in [-0.3, -0.25) is 0 Å². The molecule has 0 saturated carbocycles. The summed E-state index contributed by atoms with van der Waals surface area (Å²) in [5.74, 6) is 0.241. The highest BCUT2D eigenvalue weighted by Crippen LogP contribution is 2.10. The van der Waals surface area contributed by atoms with E-state index >= 15 is 0 Å². The lowest BCUT2D eigenvalue weighted by Crippen LogP contribution is -2.32. The zero-order valence-electron chi connectivity index (χ0n) is 10.9. The highest BCUT2D eigenvalue weighted by atomic mass is 19.1. The van der Waals surface area contributed by atoms with E-state index in [9.17, 15) is 4.39 Å². The Morgan fingerprint density at radius 3 is 2.41 bits per heavy atom. The predicted octanol–water partition coefficient (Wildman–Crippen LogP) is 2.63. The molecule has 0 spiro atoms. The van der Waals surface area contributed by atoms with E-state index in [1.54, 1.807) is 7.11 Å². The molecule has 2 nitrogen and oxygen atoms in total. The second kappa shape index (κ2) is 7.41. The number of nitrogens with one attached hydrogen (secondary N) is 1. The second-order valence-electron chi connectivity index (χ2n) is 4.71. The summed E-state index contributed by atoms with van der Waals surface area (Å²) in [6, 6.07) is 7.17. The van der Waals surface area contributed by atoms with Crippen molar-refractivity contribution in [2.75, 3.05) is 20.3 Å². The van der Waals surface area contributed by atoms with Gasteiger partial charge in [0.15, 0.2) is 0 Å². The van der Waals surface area contributed by atoms with Crippen LogP contribution in [0.2, 0.25) is 0 Å². The van der Waals surface area contributed by atoms with Crippen molar-refractivity contribution >= 4 is 0 Å². The molecule has 0 aliphatic rings. The normalized spacial score (nSPS) is 13.0. The summed E-state index contributed by atoms with van der Waals surface area (Å²) in [6.07, 6.45) is 0.911. The Hall–Kier alpha value is -0.930. The lowest BCUT2D eigenvalue weighted by atomic mass is 9.99. The molecular formula is C14H22FNO. The Balaban J connectivity index is 2.50. The van der Waals surface area contributed by atoms with Crippen LogP contribution >= 0.6 is 0 Å². The first-order valence-corrected chi connectivity index (χ1v) is 6.08. The molecule has 96 valence electrons. The van der Waals surface area contributed by atoms with E-state index in [1.807, 2.05) is 12.1 Å². The highest BCUT2D eigenvalue weighted by molar-refractivity contribution is 5.16. The molecule has 0 aliphatic heterocycles. The molecule has 1 N–H and O–H groups in total. The van der Waals surface area contributed by atoms with E-state index < -0.39 is 0 Å². The van der Waals surface area contributed by atoms with Crippen molar-refractivity contribution in [3.05, 3.63) is 35.6 Å². The minimum atomic E-state index is -0.183. The van der Waals surface area contributed by atoms with Gasteiger partial charge in [-0.25, -0.2) is 4.39 Å². The average Bonchev–Trinajstić information content (AvgIpc) is 2.29. The van der Waals surface area contributed by atoms with Crippen molar-refractivity contribution in [1.29, 1.82) is 0 Å². The molecule has 0 radical (unpaired) electrons. The van der Waals surface area contributed by atoms with Gasteiger partial charge >= 0.3 is 0 Å². The van der Waals surface area contributed by atoms with Crippen molar-refractivity contribution in [2.24, 2.45) is 5.92 Å². The molecule has 0 amide bonds. The number of benzene rings is 1. The molecule has 17 heavy (non-hydrogen) atoms. The van der Waals surface area contributed by atoms with Gasteiger partial charge in [-0.1, -0.05) is 26.0 Å². The Labute approximate surface area is 103 Å². The quantitative estimate of drug-likeness (QED) is 0.789. The van der Waals surface area contributed by atoms with Gasteiger partial charge in [-0.15, -0.1) is 0 Å². The van der Waals surface area contributed by atoms with Crippen LogP contribution < -0.4 is 5.32 Å². The van der Waals surface area contributed by atoms with Crippen LogP contribution in [0.1, 0.15) is 19.4 Å². The van der Waals surface area contributed by atoms with Gasteiger partial charge in [0.25, 0.3) is 0 Å². The Kier molecular flexibility index (Phi) is 6.16. The van der Waals surface area contributed by atoms with Crippen LogP contribution in [-0.4, -0.2) is 26.3 Å². The number of halogens is 1. The van der Waals surface area contributed by atoms with Gasteiger partial charge in [0.1, 0.15) is 5.82 Å². The van der Waals surface area contributed by atoms with E-state index in [-0.39, 0.29) is 5.82 Å². The van der Waals surface area contributed by atoms with Crippen LogP contribution in [0.4, 0.5) is 4.39 Å². The molecule has 0 aromatic heterocycles. The van der Waals surface area contributed by atoms with Crippen molar-refractivity contribution in [1.82, 2.24) is 5.32 Å². The van der Waals surface area contributed by atoms with E-state index in [4.69, 9.17) is 4.74 Å². The van der Waals surface area contributed by atoms with Crippen LogP contribution in [0.25, 0.3) is 0 Å². The van der Waals surface area contributed by atoms with Gasteiger partial charge < -0.3 is 10.1 Å². The third-order valence-corrected chi connectivity index (χ3v) is 2.65. The topological polar surface area (TPSA) is 21.3 Å². The largest absolute Gasteiger partial charge is 0.384 e. The van der Waals surface area contributed by atoms with E-state index in [0.717, 1.165) is 25.1 Å². The van der Waals surface area contributed by atoms with Crippen LogP contribution in [-0.2, 0) is 11.2 Å². The third kappa shape index (κ3) is 5.80. The molecule has 1 aromatic carbocycles. The summed E-state index contributed by atoms with van der Waals surface area (Å²) in [4.78, 5) is 0. The Bertz CT molecular complexity index is 311. The average molecular weight is 239 g/mol. The van der Waals surface area contributed by atoms with Crippen molar-refractivity contribution < 1.29 is 9.13 Å². The molecule has 0 aliphatic carbocycles. The third-order valence-electron chi connectivity index (χ3n) is 2.65. The molecule has 0 fully saturated rings. The van der Waals surface area contributed by atoms with Crippen molar-refractivity contribution in [2.45, 2.75) is 26.3 Å².